The summed E-state index contributed by atoms with van der Waals surface area (Å²) < 4.78 is 0. The number of benzene rings is 1. The maximum absolute atomic E-state index is 11.6. The molecule has 1 fully saturated rings. The van der Waals surface area contributed by atoms with E-state index in [1.165, 1.54) is 11.8 Å². The fourth-order valence-corrected chi connectivity index (χ4v) is 4.19. The third-order valence-electron chi connectivity index (χ3n) is 5.44. The van der Waals surface area contributed by atoms with Crippen LogP contribution >= 0.6 is 11.8 Å². The lowest BCUT2D eigenvalue weighted by Crippen LogP contribution is -2.44. The summed E-state index contributed by atoms with van der Waals surface area (Å²) in [6.45, 7) is 7.76. The van der Waals surface area contributed by atoms with Crippen LogP contribution in [0.1, 0.15) is 26.0 Å². The van der Waals surface area contributed by atoms with Gasteiger partial charge in [0.2, 0.25) is 5.91 Å². The lowest BCUT2D eigenvalue weighted by Gasteiger charge is -2.33. The highest BCUT2D eigenvalue weighted by atomic mass is 32.2. The lowest BCUT2D eigenvalue weighted by atomic mass is 10.3. The molecule has 0 spiro atoms. The van der Waals surface area contributed by atoms with Gasteiger partial charge in [0, 0.05) is 55.3 Å². The summed E-state index contributed by atoms with van der Waals surface area (Å²) in [5.41, 5.74) is 1.78. The van der Waals surface area contributed by atoms with E-state index in [1.54, 1.807) is 0 Å². The van der Waals surface area contributed by atoms with Crippen LogP contribution in [0.5, 0.6) is 0 Å². The number of piperazine rings is 1. The molecule has 0 bridgehead atoms. The molecule has 3 heterocycles. The Morgan fingerprint density at radius 2 is 1.85 bits per heavy atom. The first-order valence-electron chi connectivity index (χ1n) is 11.2. The number of H-pyrrole nitrogens is 1. The van der Waals surface area contributed by atoms with Gasteiger partial charge < -0.3 is 20.4 Å². The van der Waals surface area contributed by atoms with Gasteiger partial charge in [-0.25, -0.2) is 9.97 Å². The maximum Gasteiger partial charge on any atom is 0.224 e. The molecule has 3 aromatic rings. The van der Waals surface area contributed by atoms with Gasteiger partial charge in [0.05, 0.1) is 5.69 Å². The zero-order valence-corrected chi connectivity index (χ0v) is 20.1. The first kappa shape index (κ1) is 23.1. The molecule has 0 radical (unpaired) electrons. The van der Waals surface area contributed by atoms with Gasteiger partial charge in [0.25, 0.3) is 0 Å². The van der Waals surface area contributed by atoms with Crippen LogP contribution in [-0.4, -0.2) is 64.2 Å². The zero-order valence-electron chi connectivity index (χ0n) is 19.3. The second-order valence-corrected chi connectivity index (χ2v) is 9.00. The van der Waals surface area contributed by atoms with Crippen LogP contribution in [0.2, 0.25) is 0 Å². The minimum absolute atomic E-state index is 0.000586. The molecule has 2 aromatic heterocycles. The Kier molecular flexibility index (Phi) is 7.46. The molecule has 1 amide bonds. The van der Waals surface area contributed by atoms with E-state index in [0.717, 1.165) is 66.3 Å². The summed E-state index contributed by atoms with van der Waals surface area (Å²) in [6, 6.07) is 11.7. The van der Waals surface area contributed by atoms with Crippen molar-refractivity contribution in [3.05, 3.63) is 42.1 Å². The summed E-state index contributed by atoms with van der Waals surface area (Å²) in [5, 5.41) is 14.2. The molecule has 1 aliphatic heterocycles. The van der Waals surface area contributed by atoms with E-state index in [4.69, 9.17) is 9.97 Å². The Balaban J connectivity index is 1.56. The highest BCUT2D eigenvalue weighted by Crippen LogP contribution is 2.30. The van der Waals surface area contributed by atoms with Crippen molar-refractivity contribution in [2.24, 2.45) is 0 Å². The number of hydrogen-bond donors (Lipinski definition) is 3. The van der Waals surface area contributed by atoms with Gasteiger partial charge in [-0.2, -0.15) is 5.10 Å². The number of nitrogens with zero attached hydrogens (tertiary/aromatic N) is 5. The van der Waals surface area contributed by atoms with Crippen LogP contribution < -0.4 is 15.5 Å². The largest absolute Gasteiger partial charge is 0.354 e. The van der Waals surface area contributed by atoms with Crippen molar-refractivity contribution in [1.82, 2.24) is 25.1 Å². The number of carbonyl (C=O) groups excluding carboxylic acids is 1. The molecule has 9 nitrogen and oxygen atoms in total. The Morgan fingerprint density at radius 1 is 1.09 bits per heavy atom. The number of aryl methyl sites for hydroxylation is 1. The molecular formula is C23H30N8OS. The van der Waals surface area contributed by atoms with E-state index in [-0.39, 0.29) is 5.91 Å². The van der Waals surface area contributed by atoms with Gasteiger partial charge in [-0.05, 0) is 49.5 Å². The first-order chi connectivity index (χ1) is 16.0. The molecule has 33 heavy (non-hydrogen) atoms. The summed E-state index contributed by atoms with van der Waals surface area (Å²) in [7, 11) is 2.14. The quantitative estimate of drug-likeness (QED) is 0.432. The first-order valence-corrected chi connectivity index (χ1v) is 12.1. The van der Waals surface area contributed by atoms with Crippen molar-refractivity contribution >= 4 is 40.8 Å². The Bertz CT molecular complexity index is 1080. The molecular weight excluding hydrogens is 436 g/mol. The van der Waals surface area contributed by atoms with Crippen LogP contribution in [0.4, 0.5) is 23.1 Å². The Labute approximate surface area is 198 Å². The fourth-order valence-electron chi connectivity index (χ4n) is 3.43. The molecule has 1 saturated heterocycles. The van der Waals surface area contributed by atoms with E-state index in [0.29, 0.717) is 11.6 Å². The molecule has 1 aromatic carbocycles. The summed E-state index contributed by atoms with van der Waals surface area (Å²) >= 11 is 1.50. The molecule has 10 heteroatoms. The second kappa shape index (κ2) is 10.7. The van der Waals surface area contributed by atoms with Crippen molar-refractivity contribution in [3.8, 4) is 0 Å². The lowest BCUT2D eigenvalue weighted by molar-refractivity contribution is -0.115. The number of likely N-dealkylation sites (N-methyl/N-ethyl adjacent to an activating group) is 1. The molecule has 4 rings (SSSR count). The minimum atomic E-state index is -0.000586. The van der Waals surface area contributed by atoms with Crippen molar-refractivity contribution in [3.63, 3.8) is 0 Å². The summed E-state index contributed by atoms with van der Waals surface area (Å²) in [4.78, 5) is 26.8. The average Bonchev–Trinajstić information content (AvgIpc) is 3.28. The van der Waals surface area contributed by atoms with Crippen molar-refractivity contribution in [1.29, 1.82) is 0 Å². The SMILES string of the molecule is CCC(=O)Nc1ccc(Sc2nc(Nc3cc(CC)n[nH]3)cc(N3CCN(C)CC3)n2)cc1. The highest BCUT2D eigenvalue weighted by Gasteiger charge is 2.18. The molecule has 0 atom stereocenters. The van der Waals surface area contributed by atoms with Gasteiger partial charge in [0.15, 0.2) is 5.16 Å². The third kappa shape index (κ3) is 6.23. The Hall–Kier alpha value is -3.11. The normalized spacial score (nSPS) is 14.3. The van der Waals surface area contributed by atoms with Crippen LogP contribution in [0.3, 0.4) is 0 Å². The number of carbonyl (C=O) groups is 1. The fraction of sp³-hybridized carbons (Fsp3) is 0.391. The van der Waals surface area contributed by atoms with Gasteiger partial charge in [-0.1, -0.05) is 13.8 Å². The van der Waals surface area contributed by atoms with Gasteiger partial charge >= 0.3 is 0 Å². The Morgan fingerprint density at radius 3 is 2.52 bits per heavy atom. The molecule has 0 aliphatic carbocycles. The number of nitrogens with one attached hydrogen (secondary N) is 3. The monoisotopic (exact) mass is 466 g/mol. The van der Waals surface area contributed by atoms with E-state index >= 15 is 0 Å². The van der Waals surface area contributed by atoms with E-state index in [1.807, 2.05) is 43.3 Å². The number of aromatic amines is 1. The van der Waals surface area contributed by atoms with Crippen molar-refractivity contribution in [2.45, 2.75) is 36.7 Å². The van der Waals surface area contributed by atoms with Gasteiger partial charge in [-0.3, -0.25) is 9.89 Å². The minimum Gasteiger partial charge on any atom is -0.354 e. The molecule has 3 N–H and O–H groups in total. The molecule has 174 valence electrons. The van der Waals surface area contributed by atoms with E-state index < -0.39 is 0 Å². The molecule has 1 aliphatic rings. The van der Waals surface area contributed by atoms with Gasteiger partial charge in [0.1, 0.15) is 17.5 Å². The number of rotatable bonds is 8. The maximum atomic E-state index is 11.6. The van der Waals surface area contributed by atoms with E-state index in [9.17, 15) is 4.79 Å². The molecule has 0 saturated carbocycles. The zero-order chi connectivity index (χ0) is 23.2. The summed E-state index contributed by atoms with van der Waals surface area (Å²) in [6.07, 6.45) is 1.32. The second-order valence-electron chi connectivity index (χ2n) is 7.96. The van der Waals surface area contributed by atoms with Crippen molar-refractivity contribution in [2.75, 3.05) is 48.8 Å². The standard InChI is InChI=1S/C23H30N8OS/c1-4-16-14-20(29-28-16)25-19-15-21(31-12-10-30(3)11-13-31)27-23(26-19)33-18-8-6-17(7-9-18)24-22(32)5-2/h6-9,14-15H,4-5,10-13H2,1-3H3,(H,24,32)(H2,25,26,27,28,29). The highest BCUT2D eigenvalue weighted by molar-refractivity contribution is 7.99. The van der Waals surface area contributed by atoms with Crippen LogP contribution in [-0.2, 0) is 11.2 Å². The third-order valence-corrected chi connectivity index (χ3v) is 6.32. The van der Waals surface area contributed by atoms with Crippen molar-refractivity contribution < 1.29 is 4.79 Å². The van der Waals surface area contributed by atoms with Crippen LogP contribution in [0.25, 0.3) is 0 Å². The summed E-state index contributed by atoms with van der Waals surface area (Å²) in [5.74, 6) is 2.44. The number of aromatic nitrogens is 4. The number of amides is 1. The molecule has 0 unspecified atom stereocenters. The smallest absolute Gasteiger partial charge is 0.224 e. The van der Waals surface area contributed by atoms with Crippen LogP contribution in [0, 0.1) is 0 Å². The number of anilines is 4. The topological polar surface area (TPSA) is 102 Å². The number of hydrogen-bond acceptors (Lipinski definition) is 8. The predicted molar refractivity (Wildman–Crippen MR) is 132 cm³/mol. The average molecular weight is 467 g/mol. The van der Waals surface area contributed by atoms with E-state index in [2.05, 4.69) is 44.6 Å². The van der Waals surface area contributed by atoms with Gasteiger partial charge in [-0.15, -0.1) is 0 Å². The van der Waals surface area contributed by atoms with Crippen LogP contribution in [0.15, 0.2) is 46.5 Å². The predicted octanol–water partition coefficient (Wildman–Crippen LogP) is 3.76.